The zero-order chi connectivity index (χ0) is 19.0. The Morgan fingerprint density at radius 1 is 1.00 bits per heavy atom. The first-order chi connectivity index (χ1) is 13.0. The molecule has 0 bridgehead atoms. The van der Waals surface area contributed by atoms with Gasteiger partial charge in [-0.15, -0.1) is 0 Å². The van der Waals surface area contributed by atoms with Gasteiger partial charge in [0, 0.05) is 48.4 Å². The van der Waals surface area contributed by atoms with Gasteiger partial charge in [0.2, 0.25) is 0 Å². The highest BCUT2D eigenvalue weighted by atomic mass is 32.2. The molecule has 6 nitrogen and oxygen atoms in total. The van der Waals surface area contributed by atoms with Gasteiger partial charge in [-0.05, 0) is 42.5 Å². The highest BCUT2D eigenvalue weighted by Gasteiger charge is 2.28. The molecule has 4 rings (SSSR count). The van der Waals surface area contributed by atoms with Crippen molar-refractivity contribution in [1.82, 2.24) is 4.90 Å². The monoisotopic (exact) mass is 384 g/mol. The number of benzene rings is 2. The number of fused-ring (bicyclic) bond motifs is 1. The molecule has 0 aromatic heterocycles. The molecule has 0 atom stereocenters. The zero-order valence-electron chi connectivity index (χ0n) is 15.0. The van der Waals surface area contributed by atoms with Crippen LogP contribution in [-0.4, -0.2) is 52.5 Å². The van der Waals surface area contributed by atoms with E-state index in [1.807, 2.05) is 24.3 Å². The quantitative estimate of drug-likeness (QED) is 0.813. The molecule has 0 spiro atoms. The van der Waals surface area contributed by atoms with Crippen molar-refractivity contribution in [3.8, 4) is 5.75 Å². The Labute approximate surface area is 158 Å². The molecule has 1 amide bonds. The van der Waals surface area contributed by atoms with Gasteiger partial charge in [-0.1, -0.05) is 6.07 Å². The number of carbonyl (C=O) groups is 1. The Hall–Kier alpha value is -2.80. The highest BCUT2D eigenvalue weighted by molar-refractivity contribution is 7.94. The van der Waals surface area contributed by atoms with Gasteiger partial charge >= 0.3 is 0 Å². The minimum atomic E-state index is -3.41. The Balaban J connectivity index is 1.48. The predicted molar refractivity (Wildman–Crippen MR) is 104 cm³/mol. The molecule has 1 fully saturated rings. The summed E-state index contributed by atoms with van der Waals surface area (Å²) in [4.78, 5) is 17.2. The van der Waals surface area contributed by atoms with E-state index in [-0.39, 0.29) is 10.8 Å². The largest absolute Gasteiger partial charge is 0.497 e. The zero-order valence-corrected chi connectivity index (χ0v) is 15.8. The highest BCUT2D eigenvalue weighted by Crippen LogP contribution is 2.30. The van der Waals surface area contributed by atoms with Crippen molar-refractivity contribution in [2.75, 3.05) is 38.2 Å². The fourth-order valence-corrected chi connectivity index (χ4v) is 4.73. The summed E-state index contributed by atoms with van der Waals surface area (Å²) in [6.07, 6.45) is 1.52. The van der Waals surface area contributed by atoms with Gasteiger partial charge in [-0.25, -0.2) is 8.42 Å². The molecule has 2 aromatic carbocycles. The van der Waals surface area contributed by atoms with Gasteiger partial charge in [-0.3, -0.25) is 4.79 Å². The second-order valence-electron chi connectivity index (χ2n) is 6.54. The summed E-state index contributed by atoms with van der Waals surface area (Å²) in [7, 11) is -1.77. The maximum Gasteiger partial charge on any atom is 0.254 e. The minimum Gasteiger partial charge on any atom is -0.497 e. The first kappa shape index (κ1) is 17.6. The number of methoxy groups -OCH3 is 1. The minimum absolute atomic E-state index is 0.122. The number of rotatable bonds is 3. The summed E-state index contributed by atoms with van der Waals surface area (Å²) in [5.74, 6) is 0.691. The molecule has 0 unspecified atom stereocenters. The number of hydrogen-bond acceptors (Lipinski definition) is 5. The van der Waals surface area contributed by atoms with E-state index in [1.54, 1.807) is 30.2 Å². The molecule has 1 saturated heterocycles. The number of ether oxygens (including phenoxy) is 1. The number of piperazine rings is 1. The van der Waals surface area contributed by atoms with Gasteiger partial charge in [0.1, 0.15) is 5.75 Å². The number of anilines is 1. The maximum absolute atomic E-state index is 13.0. The van der Waals surface area contributed by atoms with Gasteiger partial charge in [0.25, 0.3) is 5.91 Å². The van der Waals surface area contributed by atoms with Crippen molar-refractivity contribution in [1.29, 1.82) is 0 Å². The molecule has 7 heteroatoms. The molecule has 0 radical (unpaired) electrons. The van der Waals surface area contributed by atoms with Crippen LogP contribution in [0.3, 0.4) is 0 Å². The molecule has 2 aliphatic heterocycles. The number of carbonyl (C=O) groups excluding carboxylic acids is 1. The molecule has 0 N–H and O–H groups in total. The fraction of sp³-hybridized carbons (Fsp3) is 0.250. The third kappa shape index (κ3) is 3.19. The lowest BCUT2D eigenvalue weighted by Crippen LogP contribution is -2.49. The summed E-state index contributed by atoms with van der Waals surface area (Å²) < 4.78 is 29.2. The van der Waals surface area contributed by atoms with E-state index < -0.39 is 9.84 Å². The molecular weight excluding hydrogens is 364 g/mol. The predicted octanol–water partition coefficient (Wildman–Crippen LogP) is 2.42. The van der Waals surface area contributed by atoms with Crippen molar-refractivity contribution in [3.05, 3.63) is 59.0 Å². The lowest BCUT2D eigenvalue weighted by atomic mass is 10.1. The van der Waals surface area contributed by atoms with Crippen LogP contribution in [0, 0.1) is 0 Å². The Morgan fingerprint density at radius 2 is 1.70 bits per heavy atom. The topological polar surface area (TPSA) is 66.9 Å². The first-order valence-corrected chi connectivity index (χ1v) is 10.3. The van der Waals surface area contributed by atoms with Crippen LogP contribution in [0.5, 0.6) is 5.75 Å². The van der Waals surface area contributed by atoms with Crippen molar-refractivity contribution in [3.63, 3.8) is 0 Å². The number of amides is 1. The second-order valence-corrected chi connectivity index (χ2v) is 8.34. The van der Waals surface area contributed by atoms with E-state index >= 15 is 0 Å². The van der Waals surface area contributed by atoms with Crippen LogP contribution in [0.4, 0.5) is 5.69 Å². The maximum atomic E-state index is 13.0. The summed E-state index contributed by atoms with van der Waals surface area (Å²) in [5, 5.41) is 1.16. The molecule has 2 aliphatic rings. The molecule has 2 aromatic rings. The molecule has 0 saturated carbocycles. The Kier molecular flexibility index (Phi) is 4.39. The van der Waals surface area contributed by atoms with Crippen LogP contribution in [0.15, 0.2) is 52.8 Å². The summed E-state index contributed by atoms with van der Waals surface area (Å²) in [6, 6.07) is 12.7. The van der Waals surface area contributed by atoms with E-state index in [0.717, 1.165) is 29.9 Å². The normalized spacial score (nSPS) is 17.7. The lowest BCUT2D eigenvalue weighted by Gasteiger charge is -2.36. The van der Waals surface area contributed by atoms with Crippen LogP contribution in [-0.2, 0) is 9.84 Å². The SMILES string of the molecule is COc1ccc(N2CCN(C(=O)c3cccc4c3C=CS4(=O)=O)CC2)cc1. The van der Waals surface area contributed by atoms with E-state index in [9.17, 15) is 13.2 Å². The van der Waals surface area contributed by atoms with Crippen LogP contribution in [0.1, 0.15) is 15.9 Å². The molecule has 2 heterocycles. The average molecular weight is 384 g/mol. The van der Waals surface area contributed by atoms with Crippen molar-refractivity contribution in [2.45, 2.75) is 4.90 Å². The summed E-state index contributed by atoms with van der Waals surface area (Å²) >= 11 is 0. The van der Waals surface area contributed by atoms with Gasteiger partial charge in [0.05, 0.1) is 12.0 Å². The lowest BCUT2D eigenvalue weighted by molar-refractivity contribution is 0.0746. The molecular formula is C20H20N2O4S. The third-order valence-electron chi connectivity index (χ3n) is 5.02. The van der Waals surface area contributed by atoms with Crippen LogP contribution >= 0.6 is 0 Å². The Morgan fingerprint density at radius 3 is 2.37 bits per heavy atom. The van der Waals surface area contributed by atoms with Gasteiger partial charge < -0.3 is 14.5 Å². The summed E-state index contributed by atoms with van der Waals surface area (Å²) in [6.45, 7) is 2.62. The molecule has 27 heavy (non-hydrogen) atoms. The molecule has 140 valence electrons. The van der Waals surface area contributed by atoms with E-state index in [4.69, 9.17) is 4.74 Å². The molecule has 0 aliphatic carbocycles. The van der Waals surface area contributed by atoms with E-state index in [2.05, 4.69) is 4.90 Å². The van der Waals surface area contributed by atoms with Crippen LogP contribution in [0.25, 0.3) is 6.08 Å². The van der Waals surface area contributed by atoms with Crippen LogP contribution < -0.4 is 9.64 Å². The second kappa shape index (κ2) is 6.74. The van der Waals surface area contributed by atoms with Crippen molar-refractivity contribution in [2.24, 2.45) is 0 Å². The van der Waals surface area contributed by atoms with Crippen molar-refractivity contribution < 1.29 is 17.9 Å². The smallest absolute Gasteiger partial charge is 0.254 e. The van der Waals surface area contributed by atoms with E-state index in [1.165, 1.54) is 6.08 Å². The number of hydrogen-bond donors (Lipinski definition) is 0. The standard InChI is InChI=1S/C20H20N2O4S/c1-26-16-7-5-15(6-8-16)21-10-12-22(13-11-21)20(23)18-3-2-4-19-17(18)9-14-27(19,24)25/h2-9,14H,10-13H2,1H3. The fourth-order valence-electron chi connectivity index (χ4n) is 3.51. The number of nitrogens with zero attached hydrogens (tertiary/aromatic N) is 2. The first-order valence-electron chi connectivity index (χ1n) is 8.74. The average Bonchev–Trinajstić information content (AvgIpc) is 3.03. The van der Waals surface area contributed by atoms with Gasteiger partial charge in [-0.2, -0.15) is 0 Å². The van der Waals surface area contributed by atoms with Crippen LogP contribution in [0.2, 0.25) is 0 Å². The van der Waals surface area contributed by atoms with Gasteiger partial charge in [0.15, 0.2) is 9.84 Å². The number of sulfone groups is 1. The van der Waals surface area contributed by atoms with Crippen molar-refractivity contribution >= 4 is 27.5 Å². The Bertz CT molecular complexity index is 1000. The van der Waals surface area contributed by atoms with E-state index in [0.29, 0.717) is 24.2 Å². The third-order valence-corrected chi connectivity index (χ3v) is 6.48. The summed E-state index contributed by atoms with van der Waals surface area (Å²) in [5.41, 5.74) is 2.04.